The summed E-state index contributed by atoms with van der Waals surface area (Å²) < 4.78 is 37.5. The Bertz CT molecular complexity index is 618. The van der Waals surface area contributed by atoms with Gasteiger partial charge in [-0.05, 0) is 48.2 Å². The first-order valence-corrected chi connectivity index (χ1v) is 7.15. The summed E-state index contributed by atoms with van der Waals surface area (Å²) in [4.78, 5) is 0. The zero-order valence-electron chi connectivity index (χ0n) is 11.2. The van der Waals surface area contributed by atoms with E-state index in [0.717, 1.165) is 28.8 Å². The molecule has 1 unspecified atom stereocenters. The maximum atomic E-state index is 12.5. The largest absolute Gasteiger partial charge is 0.416 e. The number of alkyl halides is 4. The lowest BCUT2D eigenvalue weighted by Gasteiger charge is -2.12. The van der Waals surface area contributed by atoms with Crippen molar-refractivity contribution in [3.63, 3.8) is 0 Å². The summed E-state index contributed by atoms with van der Waals surface area (Å²) in [7, 11) is 0. The van der Waals surface area contributed by atoms with Crippen molar-refractivity contribution in [1.29, 1.82) is 0 Å². The van der Waals surface area contributed by atoms with E-state index in [0.29, 0.717) is 11.4 Å². The van der Waals surface area contributed by atoms with E-state index in [1.54, 1.807) is 6.07 Å². The van der Waals surface area contributed by atoms with Gasteiger partial charge < -0.3 is 0 Å². The van der Waals surface area contributed by atoms with Crippen LogP contribution in [0.3, 0.4) is 0 Å². The van der Waals surface area contributed by atoms with Crippen molar-refractivity contribution in [2.45, 2.75) is 24.9 Å². The second-order valence-corrected chi connectivity index (χ2v) is 5.81. The van der Waals surface area contributed by atoms with E-state index < -0.39 is 11.7 Å². The molecule has 1 atom stereocenters. The molecule has 5 heteroatoms. The van der Waals surface area contributed by atoms with Crippen LogP contribution in [0, 0.1) is 6.92 Å². The van der Waals surface area contributed by atoms with E-state index in [4.69, 9.17) is 23.2 Å². The molecule has 0 fully saturated rings. The Morgan fingerprint density at radius 3 is 2.19 bits per heavy atom. The zero-order valence-corrected chi connectivity index (χ0v) is 12.7. The normalized spacial score (nSPS) is 13.2. The summed E-state index contributed by atoms with van der Waals surface area (Å²) in [5.41, 5.74) is 1.90. The van der Waals surface area contributed by atoms with Crippen LogP contribution in [0.25, 0.3) is 0 Å². The summed E-state index contributed by atoms with van der Waals surface area (Å²) in [5, 5.41) is 0.297. The van der Waals surface area contributed by atoms with Crippen LogP contribution in [0.1, 0.15) is 27.6 Å². The van der Waals surface area contributed by atoms with Gasteiger partial charge in [-0.1, -0.05) is 35.9 Å². The molecule has 0 saturated heterocycles. The van der Waals surface area contributed by atoms with Gasteiger partial charge in [0.15, 0.2) is 0 Å². The highest BCUT2D eigenvalue weighted by molar-refractivity contribution is 6.31. The van der Waals surface area contributed by atoms with E-state index in [2.05, 4.69) is 0 Å². The van der Waals surface area contributed by atoms with Crippen molar-refractivity contribution in [3.05, 3.63) is 69.7 Å². The first kappa shape index (κ1) is 16.2. The number of hydrogen-bond donors (Lipinski definition) is 0. The standard InChI is InChI=1S/C16H13Cl2F3/c1-10-2-5-12(9-14(10)17)15(18)8-11-3-6-13(7-4-11)16(19,20)21/h2-7,9,15H,8H2,1H3. The second-order valence-electron chi connectivity index (χ2n) is 4.87. The summed E-state index contributed by atoms with van der Waals surface area (Å²) in [6.45, 7) is 1.89. The Balaban J connectivity index is 2.12. The van der Waals surface area contributed by atoms with Crippen LogP contribution in [-0.2, 0) is 12.6 Å². The van der Waals surface area contributed by atoms with Gasteiger partial charge in [-0.25, -0.2) is 0 Å². The van der Waals surface area contributed by atoms with E-state index in [9.17, 15) is 13.2 Å². The van der Waals surface area contributed by atoms with Gasteiger partial charge in [0.2, 0.25) is 0 Å². The Labute approximate surface area is 131 Å². The highest BCUT2D eigenvalue weighted by Gasteiger charge is 2.29. The quantitative estimate of drug-likeness (QED) is 0.588. The monoisotopic (exact) mass is 332 g/mol. The van der Waals surface area contributed by atoms with Crippen molar-refractivity contribution in [2.75, 3.05) is 0 Å². The predicted molar refractivity (Wildman–Crippen MR) is 79.9 cm³/mol. The number of halogens is 5. The Morgan fingerprint density at radius 1 is 1.05 bits per heavy atom. The molecule has 0 aromatic heterocycles. The lowest BCUT2D eigenvalue weighted by Crippen LogP contribution is -2.05. The molecule has 2 aromatic carbocycles. The van der Waals surface area contributed by atoms with E-state index in [1.165, 1.54) is 12.1 Å². The predicted octanol–water partition coefficient (Wildman–Crippen LogP) is 6.19. The van der Waals surface area contributed by atoms with Gasteiger partial charge in [0.1, 0.15) is 0 Å². The summed E-state index contributed by atoms with van der Waals surface area (Å²) in [6.07, 6.45) is -3.87. The minimum Gasteiger partial charge on any atom is -0.166 e. The van der Waals surface area contributed by atoms with E-state index >= 15 is 0 Å². The molecule has 0 saturated carbocycles. The molecule has 0 aliphatic rings. The van der Waals surface area contributed by atoms with Crippen molar-refractivity contribution in [1.82, 2.24) is 0 Å². The lowest BCUT2D eigenvalue weighted by atomic mass is 10.0. The van der Waals surface area contributed by atoms with Crippen molar-refractivity contribution < 1.29 is 13.2 Å². The van der Waals surface area contributed by atoms with Crippen LogP contribution >= 0.6 is 23.2 Å². The molecule has 0 nitrogen and oxygen atoms in total. The molecular formula is C16H13Cl2F3. The van der Waals surface area contributed by atoms with Crippen molar-refractivity contribution >= 4 is 23.2 Å². The van der Waals surface area contributed by atoms with E-state index in [1.807, 2.05) is 19.1 Å². The fraction of sp³-hybridized carbons (Fsp3) is 0.250. The molecule has 0 bridgehead atoms. The van der Waals surface area contributed by atoms with Gasteiger partial charge >= 0.3 is 6.18 Å². The molecule has 0 amide bonds. The summed E-state index contributed by atoms with van der Waals surface area (Å²) in [5.74, 6) is 0. The molecule has 0 spiro atoms. The topological polar surface area (TPSA) is 0 Å². The van der Waals surface area contributed by atoms with Crippen molar-refractivity contribution in [3.8, 4) is 0 Å². The number of hydrogen-bond acceptors (Lipinski definition) is 0. The molecule has 0 heterocycles. The average Bonchev–Trinajstić information content (AvgIpc) is 2.41. The van der Waals surface area contributed by atoms with Gasteiger partial charge in [0.05, 0.1) is 10.9 Å². The third-order valence-corrected chi connectivity index (χ3v) is 4.07. The van der Waals surface area contributed by atoms with Gasteiger partial charge in [0, 0.05) is 5.02 Å². The van der Waals surface area contributed by atoms with Gasteiger partial charge in [-0.2, -0.15) is 13.2 Å². The molecule has 2 aromatic rings. The van der Waals surface area contributed by atoms with Crippen LogP contribution in [0.2, 0.25) is 5.02 Å². The molecule has 2 rings (SSSR count). The highest BCUT2D eigenvalue weighted by atomic mass is 35.5. The number of aryl methyl sites for hydroxylation is 1. The molecule has 0 aliphatic heterocycles. The van der Waals surface area contributed by atoms with Crippen LogP contribution in [-0.4, -0.2) is 0 Å². The molecule has 21 heavy (non-hydrogen) atoms. The summed E-state index contributed by atoms with van der Waals surface area (Å²) >= 11 is 12.4. The van der Waals surface area contributed by atoms with Crippen molar-refractivity contribution in [2.24, 2.45) is 0 Å². The fourth-order valence-corrected chi connectivity index (χ4v) is 2.46. The second kappa shape index (κ2) is 6.29. The average molecular weight is 333 g/mol. The summed E-state index contributed by atoms with van der Waals surface area (Å²) in [6, 6.07) is 10.6. The molecule has 0 N–H and O–H groups in total. The van der Waals surface area contributed by atoms with Gasteiger partial charge in [-0.15, -0.1) is 11.6 Å². The van der Waals surface area contributed by atoms with Gasteiger partial charge in [0.25, 0.3) is 0 Å². The van der Waals surface area contributed by atoms with Gasteiger partial charge in [-0.3, -0.25) is 0 Å². The first-order chi connectivity index (χ1) is 9.77. The van der Waals surface area contributed by atoms with Crippen LogP contribution < -0.4 is 0 Å². The smallest absolute Gasteiger partial charge is 0.166 e. The Kier molecular flexibility index (Phi) is 4.84. The maximum Gasteiger partial charge on any atom is 0.416 e. The maximum absolute atomic E-state index is 12.5. The molecule has 112 valence electrons. The number of rotatable bonds is 3. The minimum atomic E-state index is -4.32. The molecule has 0 aliphatic carbocycles. The highest BCUT2D eigenvalue weighted by Crippen LogP contribution is 2.31. The zero-order chi connectivity index (χ0) is 15.6. The first-order valence-electron chi connectivity index (χ1n) is 6.33. The minimum absolute atomic E-state index is 0.333. The molecule has 0 radical (unpaired) electrons. The third kappa shape index (κ3) is 4.14. The third-order valence-electron chi connectivity index (χ3n) is 3.25. The Morgan fingerprint density at radius 2 is 1.67 bits per heavy atom. The lowest BCUT2D eigenvalue weighted by molar-refractivity contribution is -0.137. The van der Waals surface area contributed by atoms with Crippen LogP contribution in [0.15, 0.2) is 42.5 Å². The Hall–Kier alpha value is -1.19. The fourth-order valence-electron chi connectivity index (χ4n) is 1.96. The van der Waals surface area contributed by atoms with E-state index in [-0.39, 0.29) is 5.38 Å². The SMILES string of the molecule is Cc1ccc(C(Cl)Cc2ccc(C(F)(F)F)cc2)cc1Cl. The van der Waals surface area contributed by atoms with Crippen LogP contribution in [0.4, 0.5) is 13.2 Å². The molecular weight excluding hydrogens is 320 g/mol. The van der Waals surface area contributed by atoms with Crippen LogP contribution in [0.5, 0.6) is 0 Å². The number of benzene rings is 2.